The van der Waals surface area contributed by atoms with E-state index in [0.717, 1.165) is 19.1 Å². The average Bonchev–Trinajstić information content (AvgIpc) is 2.59. The number of carbonyl (C=O) groups is 1. The molecule has 21 heavy (non-hydrogen) atoms. The summed E-state index contributed by atoms with van der Waals surface area (Å²) in [5.74, 6) is -1.60. The summed E-state index contributed by atoms with van der Waals surface area (Å²) in [5, 5.41) is 8.86. The molecule has 2 unspecified atom stereocenters. The molecular weight excluding hydrogens is 318 g/mol. The van der Waals surface area contributed by atoms with E-state index in [1.54, 1.807) is 0 Å². The Morgan fingerprint density at radius 2 is 1.62 bits per heavy atom. The number of fused-ring (bicyclic) bond motifs is 2. The van der Waals surface area contributed by atoms with Crippen molar-refractivity contribution >= 4 is 25.8 Å². The van der Waals surface area contributed by atoms with Crippen LogP contribution in [0.15, 0.2) is 0 Å². The molecule has 7 nitrogen and oxygen atoms in total. The van der Waals surface area contributed by atoms with Gasteiger partial charge in [0.05, 0.1) is 11.5 Å². The summed E-state index contributed by atoms with van der Waals surface area (Å²) in [5.41, 5.74) is 0. The number of piperidine rings is 1. The smallest absolute Gasteiger partial charge is 0.303 e. The summed E-state index contributed by atoms with van der Waals surface area (Å²) < 4.78 is 48.5. The minimum Gasteiger partial charge on any atom is -0.481 e. The van der Waals surface area contributed by atoms with Gasteiger partial charge in [0.15, 0.2) is 0 Å². The molecule has 1 N–H and O–H groups in total. The van der Waals surface area contributed by atoms with E-state index in [-0.39, 0.29) is 35.9 Å². The molecule has 2 rings (SSSR count). The zero-order valence-electron chi connectivity index (χ0n) is 11.9. The van der Waals surface area contributed by atoms with Crippen molar-refractivity contribution in [1.29, 1.82) is 0 Å². The van der Waals surface area contributed by atoms with E-state index >= 15 is 0 Å². The lowest BCUT2D eigenvalue weighted by atomic mass is 9.90. The van der Waals surface area contributed by atoms with Crippen LogP contribution in [0.25, 0.3) is 0 Å². The van der Waals surface area contributed by atoms with Gasteiger partial charge in [0.2, 0.25) is 10.0 Å². The van der Waals surface area contributed by atoms with Crippen LogP contribution in [0.2, 0.25) is 0 Å². The first-order valence-electron chi connectivity index (χ1n) is 6.99. The molecule has 0 amide bonds. The standard InChI is InChI=1S/C12H21NO6S2/c1-20(16,17)4-5-21(18,19)13-10-2-3-11(13)7-9(6-10)8-12(14)15/h9-11H,2-8H2,1H3,(H,14,15). The van der Waals surface area contributed by atoms with E-state index in [2.05, 4.69) is 0 Å². The van der Waals surface area contributed by atoms with Gasteiger partial charge in [-0.05, 0) is 31.6 Å². The molecule has 0 radical (unpaired) electrons. The van der Waals surface area contributed by atoms with Crippen LogP contribution in [-0.2, 0) is 24.7 Å². The Kier molecular flexibility index (Phi) is 4.65. The van der Waals surface area contributed by atoms with Gasteiger partial charge in [0.25, 0.3) is 0 Å². The fraction of sp³-hybridized carbons (Fsp3) is 0.917. The summed E-state index contributed by atoms with van der Waals surface area (Å²) in [7, 11) is -6.92. The third-order valence-electron chi connectivity index (χ3n) is 4.26. The molecule has 2 saturated heterocycles. The Labute approximate surface area is 125 Å². The molecule has 9 heteroatoms. The number of aliphatic carboxylic acids is 1. The van der Waals surface area contributed by atoms with Gasteiger partial charge >= 0.3 is 5.97 Å². The third kappa shape index (κ3) is 4.17. The van der Waals surface area contributed by atoms with Crippen molar-refractivity contribution in [3.63, 3.8) is 0 Å². The lowest BCUT2D eigenvalue weighted by molar-refractivity contribution is -0.138. The maximum absolute atomic E-state index is 12.4. The molecule has 0 aromatic heterocycles. The summed E-state index contributed by atoms with van der Waals surface area (Å²) in [6.07, 6.45) is 3.68. The highest BCUT2D eigenvalue weighted by molar-refractivity contribution is 7.93. The number of carboxylic acid groups (broad SMARTS) is 1. The number of sulfone groups is 1. The number of sulfonamides is 1. The monoisotopic (exact) mass is 339 g/mol. The van der Waals surface area contributed by atoms with E-state index in [1.807, 2.05) is 0 Å². The molecule has 0 aliphatic carbocycles. The van der Waals surface area contributed by atoms with Crippen molar-refractivity contribution in [3.05, 3.63) is 0 Å². The van der Waals surface area contributed by atoms with Crippen LogP contribution in [0.3, 0.4) is 0 Å². The molecule has 2 atom stereocenters. The highest BCUT2D eigenvalue weighted by Gasteiger charge is 2.46. The molecule has 0 saturated carbocycles. The van der Waals surface area contributed by atoms with Crippen LogP contribution in [-0.4, -0.2) is 62.1 Å². The molecule has 0 aromatic rings. The van der Waals surface area contributed by atoms with Crippen molar-refractivity contribution < 1.29 is 26.7 Å². The highest BCUT2D eigenvalue weighted by atomic mass is 32.2. The number of rotatable bonds is 6. The topological polar surface area (TPSA) is 109 Å². The van der Waals surface area contributed by atoms with Crippen molar-refractivity contribution in [3.8, 4) is 0 Å². The quantitative estimate of drug-likeness (QED) is 0.734. The molecular formula is C12H21NO6S2. The van der Waals surface area contributed by atoms with Crippen LogP contribution >= 0.6 is 0 Å². The molecule has 2 bridgehead atoms. The van der Waals surface area contributed by atoms with Crippen LogP contribution in [0.4, 0.5) is 0 Å². The van der Waals surface area contributed by atoms with Gasteiger partial charge < -0.3 is 5.11 Å². The van der Waals surface area contributed by atoms with E-state index < -0.39 is 25.8 Å². The van der Waals surface area contributed by atoms with Gasteiger partial charge in [-0.25, -0.2) is 16.8 Å². The van der Waals surface area contributed by atoms with Crippen molar-refractivity contribution in [2.75, 3.05) is 17.8 Å². The predicted molar refractivity (Wildman–Crippen MR) is 77.1 cm³/mol. The van der Waals surface area contributed by atoms with Crippen LogP contribution < -0.4 is 0 Å². The maximum atomic E-state index is 12.4. The second-order valence-electron chi connectivity index (χ2n) is 6.10. The van der Waals surface area contributed by atoms with Gasteiger partial charge in [0.1, 0.15) is 9.84 Å². The van der Waals surface area contributed by atoms with Crippen LogP contribution in [0, 0.1) is 5.92 Å². The molecule has 122 valence electrons. The summed E-state index contributed by atoms with van der Waals surface area (Å²) >= 11 is 0. The molecule has 2 aliphatic rings. The maximum Gasteiger partial charge on any atom is 0.303 e. The Hall–Kier alpha value is -0.670. The highest BCUT2D eigenvalue weighted by Crippen LogP contribution is 2.41. The summed E-state index contributed by atoms with van der Waals surface area (Å²) in [6.45, 7) is 0. The fourth-order valence-corrected chi connectivity index (χ4v) is 7.03. The molecule has 2 heterocycles. The van der Waals surface area contributed by atoms with Gasteiger partial charge in [-0.1, -0.05) is 0 Å². The van der Waals surface area contributed by atoms with Gasteiger partial charge in [-0.15, -0.1) is 0 Å². The minimum absolute atomic E-state index is 0.0151. The lowest BCUT2D eigenvalue weighted by Gasteiger charge is -2.37. The van der Waals surface area contributed by atoms with Crippen molar-refractivity contribution in [1.82, 2.24) is 4.31 Å². The van der Waals surface area contributed by atoms with E-state index in [9.17, 15) is 21.6 Å². The van der Waals surface area contributed by atoms with Crippen molar-refractivity contribution in [2.45, 2.75) is 44.2 Å². The zero-order chi connectivity index (χ0) is 15.8. The predicted octanol–water partition coefficient (Wildman–Crippen LogP) is 0.0785. The van der Waals surface area contributed by atoms with Gasteiger partial charge in [-0.3, -0.25) is 4.79 Å². The Morgan fingerprint density at radius 1 is 1.10 bits per heavy atom. The second-order valence-corrected chi connectivity index (χ2v) is 10.3. The minimum atomic E-state index is -3.60. The third-order valence-corrected chi connectivity index (χ3v) is 7.42. The molecule has 2 aliphatic heterocycles. The number of hydrogen-bond donors (Lipinski definition) is 1. The first kappa shape index (κ1) is 16.7. The SMILES string of the molecule is CS(=O)(=O)CCS(=O)(=O)N1C2CCC1CC(CC(=O)O)C2. The Bertz CT molecular complexity index is 598. The first-order chi connectivity index (χ1) is 9.58. The van der Waals surface area contributed by atoms with Crippen molar-refractivity contribution in [2.24, 2.45) is 5.92 Å². The molecule has 0 aromatic carbocycles. The molecule has 2 fully saturated rings. The normalized spacial score (nSPS) is 30.4. The Balaban J connectivity index is 2.07. The van der Waals surface area contributed by atoms with Crippen LogP contribution in [0.5, 0.6) is 0 Å². The van der Waals surface area contributed by atoms with Crippen LogP contribution in [0.1, 0.15) is 32.1 Å². The number of hydrogen-bond acceptors (Lipinski definition) is 5. The second kappa shape index (κ2) is 5.85. The van der Waals surface area contributed by atoms with E-state index in [4.69, 9.17) is 5.11 Å². The average molecular weight is 339 g/mol. The van der Waals surface area contributed by atoms with E-state index in [0.29, 0.717) is 12.8 Å². The van der Waals surface area contributed by atoms with Gasteiger partial charge in [0, 0.05) is 24.8 Å². The number of nitrogens with zero attached hydrogens (tertiary/aromatic N) is 1. The van der Waals surface area contributed by atoms with E-state index in [1.165, 1.54) is 4.31 Å². The Morgan fingerprint density at radius 3 is 2.05 bits per heavy atom. The molecule has 0 spiro atoms. The first-order valence-corrected chi connectivity index (χ1v) is 10.7. The zero-order valence-corrected chi connectivity index (χ0v) is 13.6. The lowest BCUT2D eigenvalue weighted by Crippen LogP contribution is -2.48. The van der Waals surface area contributed by atoms with Gasteiger partial charge in [-0.2, -0.15) is 4.31 Å². The summed E-state index contributed by atoms with van der Waals surface area (Å²) in [6, 6.07) is -0.338. The largest absolute Gasteiger partial charge is 0.481 e. The fourth-order valence-electron chi connectivity index (χ4n) is 3.48. The summed E-state index contributed by atoms with van der Waals surface area (Å²) in [4.78, 5) is 10.8. The number of carboxylic acids is 1.